The number of hydrogen-bond acceptors (Lipinski definition) is 3. The molecule has 2 fully saturated rings. The van der Waals surface area contributed by atoms with Gasteiger partial charge in [-0.25, -0.2) is 4.98 Å². The molecule has 3 nitrogen and oxygen atoms in total. The molecule has 2 aliphatic rings. The van der Waals surface area contributed by atoms with Crippen molar-refractivity contribution in [2.45, 2.75) is 50.4 Å². The molecule has 1 saturated carbocycles. The van der Waals surface area contributed by atoms with Crippen molar-refractivity contribution in [2.75, 3.05) is 13.1 Å². The van der Waals surface area contributed by atoms with Crippen LogP contribution in [0, 0.1) is 0 Å². The Balaban J connectivity index is 1.76. The van der Waals surface area contributed by atoms with Crippen molar-refractivity contribution < 1.29 is 4.42 Å². The molecule has 1 aliphatic carbocycles. The molecule has 0 atom stereocenters. The molecule has 0 spiro atoms. The lowest BCUT2D eigenvalue weighted by Crippen LogP contribution is -2.29. The van der Waals surface area contributed by atoms with Crippen LogP contribution in [0.4, 0.5) is 0 Å². The molecule has 0 amide bonds. The second-order valence-electron chi connectivity index (χ2n) is 5.50. The minimum Gasteiger partial charge on any atom is -0.445 e. The van der Waals surface area contributed by atoms with Gasteiger partial charge in [0.25, 0.3) is 0 Å². The monoisotopic (exact) mass is 220 g/mol. The molecule has 0 unspecified atom stereocenters. The van der Waals surface area contributed by atoms with Crippen LogP contribution in [-0.2, 0) is 5.41 Å². The number of rotatable bonds is 2. The average Bonchev–Trinajstić information content (AvgIpc) is 2.77. The van der Waals surface area contributed by atoms with E-state index < -0.39 is 0 Å². The second-order valence-corrected chi connectivity index (χ2v) is 5.50. The van der Waals surface area contributed by atoms with E-state index in [1.54, 1.807) is 0 Å². The van der Waals surface area contributed by atoms with Crippen molar-refractivity contribution in [3.05, 3.63) is 17.8 Å². The van der Waals surface area contributed by atoms with Crippen LogP contribution in [0.5, 0.6) is 0 Å². The minimum atomic E-state index is 0.290. The maximum absolute atomic E-state index is 5.99. The minimum absolute atomic E-state index is 0.290. The van der Waals surface area contributed by atoms with Crippen molar-refractivity contribution in [2.24, 2.45) is 0 Å². The third kappa shape index (κ3) is 1.67. The molecule has 0 aromatic carbocycles. The highest BCUT2D eigenvalue weighted by molar-refractivity contribution is 5.15. The first-order valence-corrected chi connectivity index (χ1v) is 6.45. The fourth-order valence-electron chi connectivity index (χ4n) is 2.78. The van der Waals surface area contributed by atoms with E-state index in [1.165, 1.54) is 19.3 Å². The number of oxazole rings is 1. The van der Waals surface area contributed by atoms with E-state index in [1.807, 2.05) is 6.20 Å². The zero-order valence-corrected chi connectivity index (χ0v) is 9.96. The SMILES string of the molecule is CC1(c2cnc(C3CCNCC3)o2)CCC1. The smallest absolute Gasteiger partial charge is 0.197 e. The van der Waals surface area contributed by atoms with Gasteiger partial charge in [0.15, 0.2) is 5.89 Å². The third-order valence-corrected chi connectivity index (χ3v) is 4.26. The molecule has 1 N–H and O–H groups in total. The van der Waals surface area contributed by atoms with E-state index in [-0.39, 0.29) is 5.41 Å². The van der Waals surface area contributed by atoms with Gasteiger partial charge in [-0.05, 0) is 38.8 Å². The summed E-state index contributed by atoms with van der Waals surface area (Å²) in [4.78, 5) is 4.49. The molecule has 1 aromatic rings. The maximum atomic E-state index is 5.99. The Hall–Kier alpha value is -0.830. The van der Waals surface area contributed by atoms with Gasteiger partial charge < -0.3 is 9.73 Å². The van der Waals surface area contributed by atoms with Crippen LogP contribution in [0.2, 0.25) is 0 Å². The summed E-state index contributed by atoms with van der Waals surface area (Å²) >= 11 is 0. The Morgan fingerprint density at radius 3 is 2.75 bits per heavy atom. The summed E-state index contributed by atoms with van der Waals surface area (Å²) in [5, 5.41) is 3.37. The van der Waals surface area contributed by atoms with Crippen molar-refractivity contribution >= 4 is 0 Å². The molecule has 3 heteroatoms. The molecule has 3 rings (SSSR count). The van der Waals surface area contributed by atoms with Gasteiger partial charge in [-0.3, -0.25) is 0 Å². The summed E-state index contributed by atoms with van der Waals surface area (Å²) in [6, 6.07) is 0. The molecule has 16 heavy (non-hydrogen) atoms. The van der Waals surface area contributed by atoms with E-state index in [4.69, 9.17) is 4.42 Å². The van der Waals surface area contributed by atoms with Gasteiger partial charge in [0.1, 0.15) is 5.76 Å². The summed E-state index contributed by atoms with van der Waals surface area (Å²) in [5.74, 6) is 2.63. The van der Waals surface area contributed by atoms with E-state index in [2.05, 4.69) is 17.2 Å². The number of hydrogen-bond donors (Lipinski definition) is 1. The van der Waals surface area contributed by atoms with Gasteiger partial charge >= 0.3 is 0 Å². The Morgan fingerprint density at radius 2 is 2.12 bits per heavy atom. The summed E-state index contributed by atoms with van der Waals surface area (Å²) in [6.45, 7) is 4.49. The molecule has 2 heterocycles. The van der Waals surface area contributed by atoms with E-state index >= 15 is 0 Å². The van der Waals surface area contributed by atoms with Crippen molar-refractivity contribution in [1.29, 1.82) is 0 Å². The molecule has 1 aliphatic heterocycles. The van der Waals surface area contributed by atoms with Crippen molar-refractivity contribution in [3.63, 3.8) is 0 Å². The molecule has 1 saturated heterocycles. The first-order valence-electron chi connectivity index (χ1n) is 6.45. The quantitative estimate of drug-likeness (QED) is 0.832. The highest BCUT2D eigenvalue weighted by atomic mass is 16.4. The number of nitrogens with zero attached hydrogens (tertiary/aromatic N) is 1. The predicted octanol–water partition coefficient (Wildman–Crippen LogP) is 2.58. The summed E-state index contributed by atoms with van der Waals surface area (Å²) in [6.07, 6.45) is 8.14. The zero-order valence-electron chi connectivity index (χ0n) is 9.96. The van der Waals surface area contributed by atoms with Gasteiger partial charge in [-0.1, -0.05) is 13.3 Å². The third-order valence-electron chi connectivity index (χ3n) is 4.26. The highest BCUT2D eigenvalue weighted by Crippen LogP contribution is 2.44. The van der Waals surface area contributed by atoms with Crippen molar-refractivity contribution in [1.82, 2.24) is 10.3 Å². The van der Waals surface area contributed by atoms with E-state index in [0.29, 0.717) is 5.92 Å². The average molecular weight is 220 g/mol. The first kappa shape index (κ1) is 10.3. The Kier molecular flexibility index (Phi) is 2.51. The largest absolute Gasteiger partial charge is 0.445 e. The van der Waals surface area contributed by atoms with Gasteiger partial charge in [0.2, 0.25) is 0 Å². The summed E-state index contributed by atoms with van der Waals surface area (Å²) in [7, 11) is 0. The van der Waals surface area contributed by atoms with Crippen LogP contribution in [0.15, 0.2) is 10.6 Å². The van der Waals surface area contributed by atoms with Crippen LogP contribution < -0.4 is 5.32 Å². The lowest BCUT2D eigenvalue weighted by Gasteiger charge is -2.35. The predicted molar refractivity (Wildman–Crippen MR) is 62.6 cm³/mol. The lowest BCUT2D eigenvalue weighted by molar-refractivity contribution is 0.214. The fourth-order valence-corrected chi connectivity index (χ4v) is 2.78. The number of aromatic nitrogens is 1. The summed E-state index contributed by atoms with van der Waals surface area (Å²) < 4.78 is 5.99. The Morgan fingerprint density at radius 1 is 1.38 bits per heavy atom. The molecule has 0 bridgehead atoms. The topological polar surface area (TPSA) is 38.1 Å². The van der Waals surface area contributed by atoms with E-state index in [9.17, 15) is 0 Å². The van der Waals surface area contributed by atoms with Gasteiger partial charge in [0, 0.05) is 11.3 Å². The number of piperidine rings is 1. The van der Waals surface area contributed by atoms with Gasteiger partial charge in [-0.2, -0.15) is 0 Å². The first-order chi connectivity index (χ1) is 7.78. The summed E-state index contributed by atoms with van der Waals surface area (Å²) in [5.41, 5.74) is 0.290. The van der Waals surface area contributed by atoms with Crippen molar-refractivity contribution in [3.8, 4) is 0 Å². The second kappa shape index (κ2) is 3.88. The van der Waals surface area contributed by atoms with Crippen LogP contribution in [-0.4, -0.2) is 18.1 Å². The number of nitrogens with one attached hydrogen (secondary N) is 1. The van der Waals surface area contributed by atoms with E-state index in [0.717, 1.165) is 37.6 Å². The highest BCUT2D eigenvalue weighted by Gasteiger charge is 2.37. The molecular weight excluding hydrogens is 200 g/mol. The van der Waals surface area contributed by atoms with Crippen LogP contribution >= 0.6 is 0 Å². The van der Waals surface area contributed by atoms with Gasteiger partial charge in [-0.15, -0.1) is 0 Å². The van der Waals surface area contributed by atoms with Crippen LogP contribution in [0.3, 0.4) is 0 Å². The normalized spacial score (nSPS) is 25.3. The van der Waals surface area contributed by atoms with Crippen LogP contribution in [0.25, 0.3) is 0 Å². The maximum Gasteiger partial charge on any atom is 0.197 e. The standard InChI is InChI=1S/C13H20N2O/c1-13(5-2-6-13)11-9-15-12(16-11)10-3-7-14-8-4-10/h9-10,14H,2-8H2,1H3. The Labute approximate surface area is 96.6 Å². The lowest BCUT2D eigenvalue weighted by atomic mass is 9.69. The molecule has 0 radical (unpaired) electrons. The zero-order chi connectivity index (χ0) is 11.0. The molecule has 1 aromatic heterocycles. The Bertz CT molecular complexity index is 362. The molecule has 88 valence electrons. The fraction of sp³-hybridized carbons (Fsp3) is 0.769. The molecular formula is C13H20N2O. The van der Waals surface area contributed by atoms with Gasteiger partial charge in [0.05, 0.1) is 6.20 Å². The van der Waals surface area contributed by atoms with Crippen LogP contribution in [0.1, 0.15) is 56.6 Å².